The predicted octanol–water partition coefficient (Wildman–Crippen LogP) is 2.19. The Hall–Kier alpha value is -3.55. The van der Waals surface area contributed by atoms with Gasteiger partial charge in [0, 0.05) is 18.3 Å². The van der Waals surface area contributed by atoms with E-state index in [-0.39, 0.29) is 30.3 Å². The number of rotatable bonds is 7. The molecule has 0 aromatic heterocycles. The average molecular weight is 398 g/mol. The molecule has 2 aromatic carbocycles. The molecule has 0 bridgehead atoms. The Morgan fingerprint density at radius 3 is 2.52 bits per heavy atom. The van der Waals surface area contributed by atoms with Gasteiger partial charge in [-0.25, -0.2) is 4.79 Å². The second-order valence-corrected chi connectivity index (χ2v) is 6.45. The van der Waals surface area contributed by atoms with Gasteiger partial charge in [0.1, 0.15) is 13.2 Å². The van der Waals surface area contributed by atoms with Crippen LogP contribution in [0, 0.1) is 0 Å². The first-order valence-corrected chi connectivity index (χ1v) is 9.26. The largest absolute Gasteiger partial charge is 0.486 e. The van der Waals surface area contributed by atoms with Crippen molar-refractivity contribution in [2.24, 2.45) is 0 Å². The lowest BCUT2D eigenvalue weighted by Crippen LogP contribution is -2.38. The van der Waals surface area contributed by atoms with Crippen LogP contribution in [-0.2, 0) is 16.0 Å². The Morgan fingerprint density at radius 2 is 1.79 bits per heavy atom. The molecule has 0 saturated carbocycles. The van der Waals surface area contributed by atoms with Crippen LogP contribution >= 0.6 is 0 Å². The molecule has 0 saturated heterocycles. The highest BCUT2D eigenvalue weighted by molar-refractivity contribution is 5.96. The zero-order valence-corrected chi connectivity index (χ0v) is 16.0. The molecule has 0 radical (unpaired) electrons. The molecule has 2 aromatic rings. The Kier molecular flexibility index (Phi) is 6.33. The summed E-state index contributed by atoms with van der Waals surface area (Å²) in [6, 6.07) is 11.4. The van der Waals surface area contributed by atoms with Crippen LogP contribution in [0.3, 0.4) is 0 Å². The quantitative estimate of drug-likeness (QED) is 0.741. The van der Waals surface area contributed by atoms with Gasteiger partial charge in [0.05, 0.1) is 18.5 Å². The van der Waals surface area contributed by atoms with Crippen molar-refractivity contribution in [1.82, 2.24) is 4.90 Å². The first-order valence-electron chi connectivity index (χ1n) is 9.26. The number of ether oxygens (including phenoxy) is 2. The van der Waals surface area contributed by atoms with Gasteiger partial charge in [-0.15, -0.1) is 0 Å². The van der Waals surface area contributed by atoms with E-state index >= 15 is 0 Å². The Balaban J connectivity index is 1.62. The van der Waals surface area contributed by atoms with Crippen LogP contribution < -0.4 is 14.8 Å². The number of carboxylic acids is 1. The van der Waals surface area contributed by atoms with Gasteiger partial charge in [-0.2, -0.15) is 0 Å². The summed E-state index contributed by atoms with van der Waals surface area (Å²) in [6.07, 6.45) is -0.0897. The number of hydrogen-bond acceptors (Lipinski definition) is 5. The van der Waals surface area contributed by atoms with Crippen LogP contribution in [0.2, 0.25) is 0 Å². The Morgan fingerprint density at radius 1 is 1.07 bits per heavy atom. The summed E-state index contributed by atoms with van der Waals surface area (Å²) in [4.78, 5) is 37.7. The highest BCUT2D eigenvalue weighted by atomic mass is 16.6. The van der Waals surface area contributed by atoms with Crippen LogP contribution in [0.1, 0.15) is 22.8 Å². The lowest BCUT2D eigenvalue weighted by molar-refractivity contribution is -0.133. The third-order valence-electron chi connectivity index (χ3n) is 4.48. The van der Waals surface area contributed by atoms with Crippen molar-refractivity contribution in [2.45, 2.75) is 13.3 Å². The highest BCUT2D eigenvalue weighted by Gasteiger charge is 2.19. The van der Waals surface area contributed by atoms with E-state index < -0.39 is 5.97 Å². The van der Waals surface area contributed by atoms with Gasteiger partial charge < -0.3 is 24.8 Å². The highest BCUT2D eigenvalue weighted by Crippen LogP contribution is 2.32. The van der Waals surface area contributed by atoms with Crippen LogP contribution in [0.25, 0.3) is 0 Å². The van der Waals surface area contributed by atoms with Crippen molar-refractivity contribution in [3.8, 4) is 11.5 Å². The minimum atomic E-state index is -1.09. The zero-order chi connectivity index (χ0) is 20.8. The van der Waals surface area contributed by atoms with E-state index in [9.17, 15) is 19.5 Å². The number of likely N-dealkylation sites (N-methyl/N-ethyl adjacent to an activating group) is 1. The molecule has 152 valence electrons. The molecule has 0 spiro atoms. The molecule has 0 unspecified atom stereocenters. The number of carboxylic acid groups (broad SMARTS) is 1. The number of hydrogen-bond donors (Lipinski definition) is 2. The molecule has 1 heterocycles. The molecule has 3 rings (SSSR count). The predicted molar refractivity (Wildman–Crippen MR) is 105 cm³/mol. The van der Waals surface area contributed by atoms with E-state index in [0.717, 1.165) is 0 Å². The van der Waals surface area contributed by atoms with Crippen molar-refractivity contribution >= 4 is 23.5 Å². The molecule has 0 fully saturated rings. The van der Waals surface area contributed by atoms with Gasteiger partial charge >= 0.3 is 5.97 Å². The second-order valence-electron chi connectivity index (χ2n) is 6.45. The summed E-state index contributed by atoms with van der Waals surface area (Å²) in [6.45, 7) is 2.87. The van der Waals surface area contributed by atoms with Gasteiger partial charge in [-0.3, -0.25) is 9.59 Å². The molecular formula is C21H22N2O6. The molecular weight excluding hydrogens is 376 g/mol. The molecule has 2 amide bonds. The van der Waals surface area contributed by atoms with E-state index in [1.54, 1.807) is 43.3 Å². The Bertz CT molecular complexity index is 927. The summed E-state index contributed by atoms with van der Waals surface area (Å²) in [5.41, 5.74) is 1.03. The minimum Gasteiger partial charge on any atom is -0.486 e. The number of benzene rings is 2. The third-order valence-corrected chi connectivity index (χ3v) is 4.48. The average Bonchev–Trinajstić information content (AvgIpc) is 2.72. The number of carbonyl (C=O) groups is 3. The lowest BCUT2D eigenvalue weighted by Gasteiger charge is -2.22. The van der Waals surface area contributed by atoms with Gasteiger partial charge in [-0.05, 0) is 30.7 Å². The number of aromatic carboxylic acids is 1. The maximum Gasteiger partial charge on any atom is 0.335 e. The van der Waals surface area contributed by atoms with E-state index in [2.05, 4.69) is 5.32 Å². The van der Waals surface area contributed by atoms with Crippen molar-refractivity contribution in [3.05, 3.63) is 53.6 Å². The zero-order valence-electron chi connectivity index (χ0n) is 16.0. The summed E-state index contributed by atoms with van der Waals surface area (Å²) in [5.74, 6) is -0.589. The van der Waals surface area contributed by atoms with Gasteiger partial charge in [0.15, 0.2) is 11.5 Å². The summed E-state index contributed by atoms with van der Waals surface area (Å²) < 4.78 is 10.9. The number of amides is 2. The Labute approximate surface area is 168 Å². The van der Waals surface area contributed by atoms with E-state index in [1.165, 1.54) is 11.0 Å². The monoisotopic (exact) mass is 398 g/mol. The normalized spacial score (nSPS) is 12.2. The molecule has 1 aliphatic heterocycles. The number of nitrogens with zero attached hydrogens (tertiary/aromatic N) is 1. The minimum absolute atomic E-state index is 0.0811. The second kappa shape index (κ2) is 9.09. The molecule has 2 N–H and O–H groups in total. The molecule has 0 atom stereocenters. The van der Waals surface area contributed by atoms with Gasteiger partial charge in [0.25, 0.3) is 0 Å². The molecule has 0 aliphatic carbocycles. The van der Waals surface area contributed by atoms with Crippen LogP contribution in [0.15, 0.2) is 42.5 Å². The van der Waals surface area contributed by atoms with Gasteiger partial charge in [-0.1, -0.05) is 18.2 Å². The van der Waals surface area contributed by atoms with Crippen molar-refractivity contribution in [1.29, 1.82) is 0 Å². The first kappa shape index (κ1) is 20.2. The van der Waals surface area contributed by atoms with E-state index in [4.69, 9.17) is 9.47 Å². The van der Waals surface area contributed by atoms with Crippen LogP contribution in [0.5, 0.6) is 11.5 Å². The molecule has 1 aliphatic rings. The summed E-state index contributed by atoms with van der Waals surface area (Å²) in [7, 11) is 0. The molecule has 8 nitrogen and oxygen atoms in total. The van der Waals surface area contributed by atoms with E-state index in [1.807, 2.05) is 0 Å². The van der Waals surface area contributed by atoms with Crippen molar-refractivity contribution in [3.63, 3.8) is 0 Å². The maximum atomic E-state index is 12.6. The number of carbonyl (C=O) groups excluding carboxylic acids is 2. The van der Waals surface area contributed by atoms with Crippen LogP contribution in [0.4, 0.5) is 5.69 Å². The molecule has 29 heavy (non-hydrogen) atoms. The topological polar surface area (TPSA) is 105 Å². The fraction of sp³-hybridized carbons (Fsp3) is 0.286. The number of anilines is 1. The first-order chi connectivity index (χ1) is 14.0. The summed E-state index contributed by atoms with van der Waals surface area (Å²) >= 11 is 0. The number of fused-ring (bicyclic) bond motifs is 1. The summed E-state index contributed by atoms with van der Waals surface area (Å²) in [5, 5.41) is 12.0. The SMILES string of the molecule is CCN(CC(=O)Nc1ccc2c(c1)OCCO2)C(=O)Cc1ccccc1C(=O)O. The van der Waals surface area contributed by atoms with Gasteiger partial charge in [0.2, 0.25) is 11.8 Å². The fourth-order valence-corrected chi connectivity index (χ4v) is 3.03. The van der Waals surface area contributed by atoms with Crippen LogP contribution in [-0.4, -0.2) is 54.1 Å². The number of nitrogens with one attached hydrogen (secondary N) is 1. The third kappa shape index (κ3) is 5.04. The lowest BCUT2D eigenvalue weighted by atomic mass is 10.0. The molecule has 8 heteroatoms. The standard InChI is InChI=1S/C21H22N2O6/c1-2-23(20(25)11-14-5-3-4-6-16(14)21(26)27)13-19(24)22-15-7-8-17-18(12-15)29-10-9-28-17/h3-8,12H,2,9-11,13H2,1H3,(H,22,24)(H,26,27). The smallest absolute Gasteiger partial charge is 0.335 e. The van der Waals surface area contributed by atoms with E-state index in [0.29, 0.717) is 42.5 Å². The van der Waals surface area contributed by atoms with Crippen molar-refractivity contribution < 1.29 is 29.0 Å². The fourth-order valence-electron chi connectivity index (χ4n) is 3.03. The maximum absolute atomic E-state index is 12.6. The van der Waals surface area contributed by atoms with Crippen molar-refractivity contribution in [2.75, 3.05) is 31.6 Å².